The summed E-state index contributed by atoms with van der Waals surface area (Å²) in [5, 5.41) is 3.48. The summed E-state index contributed by atoms with van der Waals surface area (Å²) in [7, 11) is 2.12. The Morgan fingerprint density at radius 1 is 1.13 bits per heavy atom. The molecule has 2 aliphatic rings. The van der Waals surface area contributed by atoms with Gasteiger partial charge in [0.1, 0.15) is 0 Å². The van der Waals surface area contributed by atoms with E-state index < -0.39 is 0 Å². The zero-order valence-corrected chi connectivity index (χ0v) is 10.5. The molecule has 2 nitrogen and oxygen atoms in total. The minimum absolute atomic E-state index is 0.788. The van der Waals surface area contributed by atoms with Gasteiger partial charge in [-0.1, -0.05) is 20.3 Å². The van der Waals surface area contributed by atoms with Crippen LogP contribution in [0.25, 0.3) is 0 Å². The fourth-order valence-electron chi connectivity index (χ4n) is 3.37. The SMILES string of the molecule is CNC1CCCC1CN1CC(C)C(C)C1. The Morgan fingerprint density at radius 3 is 2.40 bits per heavy atom. The maximum Gasteiger partial charge on any atom is 0.0104 e. The molecule has 0 spiro atoms. The van der Waals surface area contributed by atoms with Gasteiger partial charge < -0.3 is 10.2 Å². The smallest absolute Gasteiger partial charge is 0.0104 e. The van der Waals surface area contributed by atoms with Gasteiger partial charge in [0.05, 0.1) is 0 Å². The van der Waals surface area contributed by atoms with Crippen molar-refractivity contribution in [2.24, 2.45) is 17.8 Å². The molecule has 2 rings (SSSR count). The standard InChI is InChI=1S/C13H26N2/c1-10-7-15(8-11(10)2)9-12-5-4-6-13(12)14-3/h10-14H,4-9H2,1-3H3. The van der Waals surface area contributed by atoms with Gasteiger partial charge in [-0.2, -0.15) is 0 Å². The molecule has 1 saturated heterocycles. The van der Waals surface area contributed by atoms with Crippen molar-refractivity contribution >= 4 is 0 Å². The third-order valence-electron chi connectivity index (χ3n) is 4.59. The largest absolute Gasteiger partial charge is 0.317 e. The predicted molar refractivity (Wildman–Crippen MR) is 65.0 cm³/mol. The van der Waals surface area contributed by atoms with Gasteiger partial charge in [0.25, 0.3) is 0 Å². The van der Waals surface area contributed by atoms with Crippen LogP contribution in [0, 0.1) is 17.8 Å². The number of rotatable bonds is 3. The number of hydrogen-bond acceptors (Lipinski definition) is 2. The predicted octanol–water partition coefficient (Wildman–Crippen LogP) is 1.96. The van der Waals surface area contributed by atoms with Crippen LogP contribution in [0.15, 0.2) is 0 Å². The molecule has 4 unspecified atom stereocenters. The first kappa shape index (κ1) is 11.4. The van der Waals surface area contributed by atoms with Crippen molar-refractivity contribution in [2.45, 2.75) is 39.2 Å². The monoisotopic (exact) mass is 210 g/mol. The summed E-state index contributed by atoms with van der Waals surface area (Å²) in [6.07, 6.45) is 4.25. The second-order valence-electron chi connectivity index (χ2n) is 5.76. The normalized spacial score (nSPS) is 42.6. The van der Waals surface area contributed by atoms with Gasteiger partial charge in [-0.05, 0) is 37.6 Å². The van der Waals surface area contributed by atoms with Crippen LogP contribution in [0.4, 0.5) is 0 Å². The van der Waals surface area contributed by atoms with Gasteiger partial charge in [0.15, 0.2) is 0 Å². The molecule has 0 radical (unpaired) electrons. The first-order valence-corrected chi connectivity index (χ1v) is 6.60. The zero-order chi connectivity index (χ0) is 10.8. The third kappa shape index (κ3) is 2.54. The molecule has 1 N–H and O–H groups in total. The van der Waals surface area contributed by atoms with Crippen molar-refractivity contribution in [3.05, 3.63) is 0 Å². The Labute approximate surface area is 94.4 Å². The van der Waals surface area contributed by atoms with Gasteiger partial charge >= 0.3 is 0 Å². The molecule has 15 heavy (non-hydrogen) atoms. The number of hydrogen-bond donors (Lipinski definition) is 1. The molecule has 1 heterocycles. The first-order chi connectivity index (χ1) is 7.20. The van der Waals surface area contributed by atoms with Crippen LogP contribution in [-0.2, 0) is 0 Å². The van der Waals surface area contributed by atoms with E-state index in [0.29, 0.717) is 0 Å². The van der Waals surface area contributed by atoms with E-state index in [-0.39, 0.29) is 0 Å². The molecule has 1 aliphatic heterocycles. The van der Waals surface area contributed by atoms with Crippen molar-refractivity contribution in [3.8, 4) is 0 Å². The van der Waals surface area contributed by atoms with Crippen LogP contribution in [-0.4, -0.2) is 37.6 Å². The van der Waals surface area contributed by atoms with Gasteiger partial charge in [-0.3, -0.25) is 0 Å². The van der Waals surface area contributed by atoms with Gasteiger partial charge in [0, 0.05) is 25.7 Å². The minimum atomic E-state index is 0.788. The average molecular weight is 210 g/mol. The highest BCUT2D eigenvalue weighted by Crippen LogP contribution is 2.29. The molecule has 1 aliphatic carbocycles. The second-order valence-corrected chi connectivity index (χ2v) is 5.76. The molecule has 88 valence electrons. The van der Waals surface area contributed by atoms with Crippen LogP contribution < -0.4 is 5.32 Å². The van der Waals surface area contributed by atoms with Crippen LogP contribution in [0.1, 0.15) is 33.1 Å². The Kier molecular flexibility index (Phi) is 3.68. The van der Waals surface area contributed by atoms with E-state index >= 15 is 0 Å². The minimum Gasteiger partial charge on any atom is -0.317 e. The van der Waals surface area contributed by atoms with Crippen molar-refractivity contribution in [1.82, 2.24) is 10.2 Å². The lowest BCUT2D eigenvalue weighted by Crippen LogP contribution is -2.37. The Bertz CT molecular complexity index is 195. The van der Waals surface area contributed by atoms with E-state index in [9.17, 15) is 0 Å². The molecular formula is C13H26N2. The molecule has 0 bridgehead atoms. The van der Waals surface area contributed by atoms with E-state index in [1.165, 1.54) is 38.9 Å². The number of likely N-dealkylation sites (tertiary alicyclic amines) is 1. The molecular weight excluding hydrogens is 184 g/mol. The Balaban J connectivity index is 1.82. The van der Waals surface area contributed by atoms with Crippen LogP contribution >= 0.6 is 0 Å². The molecule has 2 heteroatoms. The maximum atomic E-state index is 3.48. The topological polar surface area (TPSA) is 15.3 Å². The van der Waals surface area contributed by atoms with E-state index in [1.807, 2.05) is 0 Å². The van der Waals surface area contributed by atoms with Crippen LogP contribution in [0.5, 0.6) is 0 Å². The fraction of sp³-hybridized carbons (Fsp3) is 1.00. The average Bonchev–Trinajstić information content (AvgIpc) is 2.75. The molecule has 2 fully saturated rings. The van der Waals surface area contributed by atoms with E-state index in [1.54, 1.807) is 0 Å². The van der Waals surface area contributed by atoms with Gasteiger partial charge in [-0.25, -0.2) is 0 Å². The fourth-order valence-corrected chi connectivity index (χ4v) is 3.37. The highest BCUT2D eigenvalue weighted by atomic mass is 15.2. The molecule has 4 atom stereocenters. The first-order valence-electron chi connectivity index (χ1n) is 6.60. The highest BCUT2D eigenvalue weighted by Gasteiger charge is 2.32. The maximum absolute atomic E-state index is 3.48. The van der Waals surface area contributed by atoms with Crippen LogP contribution in [0.2, 0.25) is 0 Å². The molecule has 0 amide bonds. The lowest BCUT2D eigenvalue weighted by atomic mass is 10.0. The number of nitrogens with one attached hydrogen (secondary N) is 1. The lowest BCUT2D eigenvalue weighted by molar-refractivity contribution is 0.247. The summed E-state index contributed by atoms with van der Waals surface area (Å²) in [5.74, 6) is 2.71. The third-order valence-corrected chi connectivity index (χ3v) is 4.59. The number of nitrogens with zero attached hydrogens (tertiary/aromatic N) is 1. The van der Waals surface area contributed by atoms with Gasteiger partial charge in [0.2, 0.25) is 0 Å². The van der Waals surface area contributed by atoms with Crippen LogP contribution in [0.3, 0.4) is 0 Å². The summed E-state index contributed by atoms with van der Waals surface area (Å²) >= 11 is 0. The molecule has 0 aromatic rings. The quantitative estimate of drug-likeness (QED) is 0.766. The summed E-state index contributed by atoms with van der Waals surface area (Å²) < 4.78 is 0. The van der Waals surface area contributed by atoms with E-state index in [4.69, 9.17) is 0 Å². The summed E-state index contributed by atoms with van der Waals surface area (Å²) in [5.41, 5.74) is 0. The highest BCUT2D eigenvalue weighted by molar-refractivity contribution is 4.87. The van der Waals surface area contributed by atoms with Crippen molar-refractivity contribution in [3.63, 3.8) is 0 Å². The molecule has 0 aromatic heterocycles. The van der Waals surface area contributed by atoms with Crippen molar-refractivity contribution in [1.29, 1.82) is 0 Å². The summed E-state index contributed by atoms with van der Waals surface area (Å²) in [4.78, 5) is 2.69. The second kappa shape index (κ2) is 4.84. The summed E-state index contributed by atoms with van der Waals surface area (Å²) in [6.45, 7) is 8.78. The Morgan fingerprint density at radius 2 is 1.80 bits per heavy atom. The zero-order valence-electron chi connectivity index (χ0n) is 10.5. The van der Waals surface area contributed by atoms with Gasteiger partial charge in [-0.15, -0.1) is 0 Å². The van der Waals surface area contributed by atoms with Crippen molar-refractivity contribution < 1.29 is 0 Å². The summed E-state index contributed by atoms with van der Waals surface area (Å²) in [6, 6.07) is 0.788. The lowest BCUT2D eigenvalue weighted by Gasteiger charge is -2.25. The van der Waals surface area contributed by atoms with E-state index in [2.05, 4.69) is 31.1 Å². The molecule has 1 saturated carbocycles. The molecule has 0 aromatic carbocycles. The van der Waals surface area contributed by atoms with E-state index in [0.717, 1.165) is 23.8 Å². The Hall–Kier alpha value is -0.0800. The van der Waals surface area contributed by atoms with Crippen molar-refractivity contribution in [2.75, 3.05) is 26.7 Å².